The molecule has 3 heterocycles. The second kappa shape index (κ2) is 13.9. The molecule has 8 nitrogen and oxygen atoms in total. The summed E-state index contributed by atoms with van der Waals surface area (Å²) in [6, 6.07) is 5.50. The third-order valence-corrected chi connectivity index (χ3v) is 5.87. The Morgan fingerprint density at radius 3 is 2.60 bits per heavy atom. The minimum Gasteiger partial charge on any atom is -0.396 e. The van der Waals surface area contributed by atoms with Gasteiger partial charge in [0.15, 0.2) is 0 Å². The summed E-state index contributed by atoms with van der Waals surface area (Å²) in [5, 5.41) is 14.8. The van der Waals surface area contributed by atoms with Crippen LogP contribution in [0.2, 0.25) is 0 Å². The van der Waals surface area contributed by atoms with Crippen LogP contribution >= 0.6 is 11.3 Å². The summed E-state index contributed by atoms with van der Waals surface area (Å²) in [5.74, 6) is -0.425. The molecule has 35 heavy (non-hydrogen) atoms. The molecule has 1 aliphatic heterocycles. The van der Waals surface area contributed by atoms with Crippen LogP contribution in [0, 0.1) is 0 Å². The summed E-state index contributed by atoms with van der Waals surface area (Å²) in [5.41, 5.74) is 14.9. The van der Waals surface area contributed by atoms with Crippen LogP contribution in [0.5, 0.6) is 0 Å². The number of pyridine rings is 1. The molecule has 0 aliphatic carbocycles. The van der Waals surface area contributed by atoms with Gasteiger partial charge in [0.05, 0.1) is 11.3 Å². The molecule has 0 unspecified atom stereocenters. The summed E-state index contributed by atoms with van der Waals surface area (Å²) >= 11 is 1.53. The number of nitrogen functional groups attached to an aromatic ring is 1. The number of allylic oxidation sites excluding steroid dienone is 3. The highest BCUT2D eigenvalue weighted by atomic mass is 32.1. The Kier molecular flexibility index (Phi) is 10.9. The fraction of sp³-hybridized carbons (Fsp3) is 0.269. The van der Waals surface area contributed by atoms with Gasteiger partial charge in [0.25, 0.3) is 11.8 Å². The van der Waals surface area contributed by atoms with E-state index in [-0.39, 0.29) is 11.6 Å². The van der Waals surface area contributed by atoms with Gasteiger partial charge in [-0.05, 0) is 71.5 Å². The number of carbonyl (C=O) groups excluding carboxylic acids is 2. The molecular formula is C26H33N5O3S. The van der Waals surface area contributed by atoms with Gasteiger partial charge in [-0.25, -0.2) is 4.98 Å². The van der Waals surface area contributed by atoms with Crippen molar-refractivity contribution >= 4 is 34.5 Å². The van der Waals surface area contributed by atoms with Gasteiger partial charge in [-0.1, -0.05) is 26.0 Å². The summed E-state index contributed by atoms with van der Waals surface area (Å²) in [4.78, 5) is 30.6. The zero-order valence-corrected chi connectivity index (χ0v) is 21.0. The molecule has 0 saturated heterocycles. The van der Waals surface area contributed by atoms with Crippen LogP contribution in [0.1, 0.15) is 37.8 Å². The van der Waals surface area contributed by atoms with E-state index in [2.05, 4.69) is 23.8 Å². The number of aliphatic hydroxyl groups is 1. The number of thiophene rings is 1. The first-order valence-corrected chi connectivity index (χ1v) is 12.2. The van der Waals surface area contributed by atoms with E-state index in [4.69, 9.17) is 16.6 Å². The van der Waals surface area contributed by atoms with Crippen LogP contribution < -0.4 is 16.8 Å². The molecule has 6 N–H and O–H groups in total. The molecule has 186 valence electrons. The quantitative estimate of drug-likeness (QED) is 0.394. The Morgan fingerprint density at radius 2 is 2.06 bits per heavy atom. The molecule has 9 heteroatoms. The molecule has 0 spiro atoms. The predicted octanol–water partition coefficient (Wildman–Crippen LogP) is 3.35. The van der Waals surface area contributed by atoms with Gasteiger partial charge in [0.2, 0.25) is 0 Å². The number of aromatic nitrogens is 1. The van der Waals surface area contributed by atoms with Gasteiger partial charge in [0, 0.05) is 25.5 Å². The van der Waals surface area contributed by atoms with E-state index in [1.165, 1.54) is 11.3 Å². The third kappa shape index (κ3) is 7.94. The van der Waals surface area contributed by atoms with Crippen LogP contribution in [-0.2, 0) is 16.0 Å². The Balaban J connectivity index is 0.000000784. The van der Waals surface area contributed by atoms with E-state index in [1.807, 2.05) is 29.8 Å². The minimum absolute atomic E-state index is 0.279. The lowest BCUT2D eigenvalue weighted by atomic mass is 10.0. The van der Waals surface area contributed by atoms with Crippen LogP contribution in [0.3, 0.4) is 0 Å². The number of nitrogens with one attached hydrogen (secondary N) is 1. The number of aliphatic hydroxyl groups excluding tert-OH is 1. The normalized spacial score (nSPS) is 13.4. The Bertz CT molecular complexity index is 1100. The maximum Gasteiger partial charge on any atom is 0.265 e. The van der Waals surface area contributed by atoms with E-state index in [0.29, 0.717) is 42.2 Å². The summed E-state index contributed by atoms with van der Waals surface area (Å²) in [7, 11) is 0. The zero-order chi connectivity index (χ0) is 25.8. The van der Waals surface area contributed by atoms with Gasteiger partial charge < -0.3 is 26.8 Å². The van der Waals surface area contributed by atoms with Gasteiger partial charge in [-0.2, -0.15) is 11.3 Å². The smallest absolute Gasteiger partial charge is 0.265 e. The number of nitrogens with zero attached hydrogens (tertiary/aromatic N) is 2. The van der Waals surface area contributed by atoms with Crippen molar-refractivity contribution in [3.05, 3.63) is 88.2 Å². The lowest BCUT2D eigenvalue weighted by molar-refractivity contribution is -0.118. The lowest BCUT2D eigenvalue weighted by Gasteiger charge is -2.28. The number of amides is 2. The molecule has 2 amide bonds. The van der Waals surface area contributed by atoms with Crippen LogP contribution in [0.15, 0.2) is 77.1 Å². The number of carbonyl (C=O) groups is 2. The number of hydrogen-bond acceptors (Lipinski definition) is 7. The van der Waals surface area contributed by atoms with Crippen LogP contribution in [0.25, 0.3) is 5.57 Å². The maximum atomic E-state index is 12.7. The van der Waals surface area contributed by atoms with E-state index in [9.17, 15) is 9.59 Å². The standard InChI is InChI=1S/C22H23N5O2S.C4H10O/c1-14(17-8-11-30-13-17)20(21(24)28)27-10-3-4-18(15(27)2)22(29)25-9-7-16-5-6-19(23)26-12-16;1-2-3-4-5/h3-6,8,10-13H,2,7,9H2,1H3,(H2,23,26)(H2,24,28)(H,25,29);5H,2-4H2,1H3/b20-14+;. The Labute approximate surface area is 210 Å². The highest BCUT2D eigenvalue weighted by molar-refractivity contribution is 7.08. The third-order valence-electron chi connectivity index (χ3n) is 5.19. The van der Waals surface area contributed by atoms with E-state index in [0.717, 1.165) is 24.0 Å². The van der Waals surface area contributed by atoms with Crippen molar-refractivity contribution in [2.75, 3.05) is 18.9 Å². The van der Waals surface area contributed by atoms with Crippen LogP contribution in [-0.4, -0.2) is 40.0 Å². The second-order valence-electron chi connectivity index (χ2n) is 7.76. The Hall–Kier alpha value is -3.69. The second-order valence-corrected chi connectivity index (χ2v) is 8.54. The summed E-state index contributed by atoms with van der Waals surface area (Å²) in [6.07, 6.45) is 9.37. The average Bonchev–Trinajstić information content (AvgIpc) is 3.37. The highest BCUT2D eigenvalue weighted by Gasteiger charge is 2.26. The zero-order valence-electron chi connectivity index (χ0n) is 20.2. The first-order valence-electron chi connectivity index (χ1n) is 11.3. The minimum atomic E-state index is -0.595. The van der Waals surface area contributed by atoms with Gasteiger partial charge in [-0.15, -0.1) is 0 Å². The van der Waals surface area contributed by atoms with E-state index in [1.54, 1.807) is 35.5 Å². The molecular weight excluding hydrogens is 462 g/mol. The molecule has 3 rings (SSSR count). The molecule has 0 radical (unpaired) electrons. The largest absolute Gasteiger partial charge is 0.396 e. The van der Waals surface area contributed by atoms with Crippen molar-refractivity contribution in [1.29, 1.82) is 0 Å². The van der Waals surface area contributed by atoms with Crippen LogP contribution in [0.4, 0.5) is 5.82 Å². The number of hydrogen-bond donors (Lipinski definition) is 4. The highest BCUT2D eigenvalue weighted by Crippen LogP contribution is 2.29. The first-order chi connectivity index (χ1) is 16.8. The molecule has 0 bridgehead atoms. The molecule has 2 aromatic heterocycles. The topological polar surface area (TPSA) is 135 Å². The maximum absolute atomic E-state index is 12.7. The molecule has 1 aliphatic rings. The molecule has 0 atom stereocenters. The Morgan fingerprint density at radius 1 is 1.29 bits per heavy atom. The van der Waals surface area contributed by atoms with E-state index >= 15 is 0 Å². The molecule has 0 aromatic carbocycles. The number of nitrogens with two attached hydrogens (primary N) is 2. The SMILES string of the molecule is C=C1C(C(=O)NCCc2ccc(N)nc2)=CC=CN1/C(C(N)=O)=C(\C)c1ccsc1.CCCCO. The first kappa shape index (κ1) is 27.6. The number of unbranched alkanes of at least 4 members (excludes halogenated alkanes) is 1. The molecule has 0 fully saturated rings. The molecule has 0 saturated carbocycles. The number of anilines is 1. The summed E-state index contributed by atoms with van der Waals surface area (Å²) < 4.78 is 0. The average molecular weight is 496 g/mol. The predicted molar refractivity (Wildman–Crippen MR) is 142 cm³/mol. The monoisotopic (exact) mass is 495 g/mol. The van der Waals surface area contributed by atoms with Crippen molar-refractivity contribution in [2.45, 2.75) is 33.1 Å². The summed E-state index contributed by atoms with van der Waals surface area (Å²) in [6.45, 7) is 8.66. The van der Waals surface area contributed by atoms with Crippen molar-refractivity contribution in [3.8, 4) is 0 Å². The van der Waals surface area contributed by atoms with Gasteiger partial charge in [-0.3, -0.25) is 9.59 Å². The number of rotatable bonds is 9. The van der Waals surface area contributed by atoms with Crippen molar-refractivity contribution < 1.29 is 14.7 Å². The lowest BCUT2D eigenvalue weighted by Crippen LogP contribution is -2.34. The number of primary amides is 1. The van der Waals surface area contributed by atoms with Gasteiger partial charge in [0.1, 0.15) is 11.5 Å². The van der Waals surface area contributed by atoms with Crippen molar-refractivity contribution in [2.24, 2.45) is 5.73 Å². The van der Waals surface area contributed by atoms with E-state index < -0.39 is 5.91 Å². The molecule has 2 aromatic rings. The fourth-order valence-electron chi connectivity index (χ4n) is 3.21. The van der Waals surface area contributed by atoms with Crippen molar-refractivity contribution in [1.82, 2.24) is 15.2 Å². The fourth-order valence-corrected chi connectivity index (χ4v) is 3.92. The van der Waals surface area contributed by atoms with Gasteiger partial charge >= 0.3 is 0 Å². The van der Waals surface area contributed by atoms with Crippen molar-refractivity contribution in [3.63, 3.8) is 0 Å².